The number of hydrogen-bond donors (Lipinski definition) is 1. The van der Waals surface area contributed by atoms with Gasteiger partial charge in [-0.25, -0.2) is 4.79 Å². The minimum atomic E-state index is -0.821. The average molecular weight is 535 g/mol. The van der Waals surface area contributed by atoms with Crippen LogP contribution in [0.15, 0.2) is 60.8 Å². The van der Waals surface area contributed by atoms with Crippen molar-refractivity contribution in [1.82, 2.24) is 9.55 Å². The smallest absolute Gasteiger partial charge is 0.347 e. The first-order valence-corrected chi connectivity index (χ1v) is 12.7. The standard InChI is InChI=1S/C28H28N2O7.C2H6/c1-5-23(28(33)36-4)37-24-12-6-17(14-22(24)31)15-30-16-21(20-11-13-25(35-3)29-27(20)30)26(32)18-7-9-19(34-2)10-8-18;1-2/h6-14,16,23,31H,5,15H2,1-4H3;1-2H3/t23-;/m0./s1. The Kier molecular flexibility index (Phi) is 9.92. The summed E-state index contributed by atoms with van der Waals surface area (Å²) >= 11 is 0. The van der Waals surface area contributed by atoms with E-state index in [4.69, 9.17) is 18.9 Å². The predicted molar refractivity (Wildman–Crippen MR) is 148 cm³/mol. The molecule has 9 heteroatoms. The summed E-state index contributed by atoms with van der Waals surface area (Å²) in [5, 5.41) is 11.2. The molecule has 2 aromatic heterocycles. The predicted octanol–water partition coefficient (Wildman–Crippen LogP) is 5.40. The topological polar surface area (TPSA) is 109 Å². The second-order valence-corrected chi connectivity index (χ2v) is 8.29. The van der Waals surface area contributed by atoms with Crippen LogP contribution in [0.1, 0.15) is 48.7 Å². The molecule has 0 saturated heterocycles. The molecule has 0 aliphatic carbocycles. The number of fused-ring (bicyclic) bond motifs is 1. The largest absolute Gasteiger partial charge is 0.504 e. The molecule has 0 fully saturated rings. The van der Waals surface area contributed by atoms with Crippen LogP contribution in [0.3, 0.4) is 0 Å². The molecule has 0 aliphatic heterocycles. The lowest BCUT2D eigenvalue weighted by atomic mass is 10.0. The van der Waals surface area contributed by atoms with Crippen molar-refractivity contribution >= 4 is 22.8 Å². The van der Waals surface area contributed by atoms with Crippen LogP contribution in [-0.4, -0.2) is 53.8 Å². The van der Waals surface area contributed by atoms with Gasteiger partial charge in [0.15, 0.2) is 23.4 Å². The summed E-state index contributed by atoms with van der Waals surface area (Å²) in [6.07, 6.45) is 1.32. The van der Waals surface area contributed by atoms with Crippen molar-refractivity contribution in [2.75, 3.05) is 21.3 Å². The lowest BCUT2D eigenvalue weighted by Crippen LogP contribution is -2.27. The van der Waals surface area contributed by atoms with Crippen LogP contribution in [0.2, 0.25) is 0 Å². The number of phenols is 1. The second kappa shape index (κ2) is 13.3. The number of aromatic hydroxyl groups is 1. The van der Waals surface area contributed by atoms with Crippen LogP contribution in [0.4, 0.5) is 0 Å². The molecule has 39 heavy (non-hydrogen) atoms. The molecule has 1 N–H and O–H groups in total. The fraction of sp³-hybridized carbons (Fsp3) is 0.300. The van der Waals surface area contributed by atoms with Gasteiger partial charge in [-0.3, -0.25) is 4.79 Å². The molecule has 2 aromatic carbocycles. The normalized spacial score (nSPS) is 11.2. The third-order valence-electron chi connectivity index (χ3n) is 5.98. The van der Waals surface area contributed by atoms with Crippen molar-refractivity contribution < 1.29 is 33.6 Å². The Hall–Kier alpha value is -4.53. The van der Waals surface area contributed by atoms with Gasteiger partial charge in [0.2, 0.25) is 5.88 Å². The molecule has 4 aromatic rings. The van der Waals surface area contributed by atoms with Gasteiger partial charge in [0.1, 0.15) is 11.4 Å². The van der Waals surface area contributed by atoms with E-state index in [0.29, 0.717) is 46.8 Å². The van der Waals surface area contributed by atoms with Crippen molar-refractivity contribution in [3.63, 3.8) is 0 Å². The number of ketones is 1. The van der Waals surface area contributed by atoms with E-state index in [9.17, 15) is 14.7 Å². The molecule has 0 saturated carbocycles. The van der Waals surface area contributed by atoms with Crippen molar-refractivity contribution in [3.05, 3.63) is 77.5 Å². The van der Waals surface area contributed by atoms with E-state index in [2.05, 4.69) is 4.98 Å². The van der Waals surface area contributed by atoms with E-state index >= 15 is 0 Å². The van der Waals surface area contributed by atoms with Gasteiger partial charge in [-0.05, 0) is 54.4 Å². The highest BCUT2D eigenvalue weighted by Gasteiger charge is 2.21. The second-order valence-electron chi connectivity index (χ2n) is 8.29. The van der Waals surface area contributed by atoms with Gasteiger partial charge in [-0.1, -0.05) is 26.8 Å². The zero-order chi connectivity index (χ0) is 28.5. The highest BCUT2D eigenvalue weighted by Crippen LogP contribution is 2.31. The SMILES string of the molecule is CC.CC[C@H](Oc1ccc(Cn2cc(C(=O)c3ccc(OC)cc3)c3ccc(OC)nc32)cc1O)C(=O)OC. The summed E-state index contributed by atoms with van der Waals surface area (Å²) < 4.78 is 22.7. The Balaban J connectivity index is 0.00000205. The third-order valence-corrected chi connectivity index (χ3v) is 5.98. The number of phenolic OH excluding ortho intramolecular Hbond substituents is 1. The quantitative estimate of drug-likeness (QED) is 0.213. The molecule has 1 atom stereocenters. The lowest BCUT2D eigenvalue weighted by Gasteiger charge is -2.16. The molecule has 9 nitrogen and oxygen atoms in total. The highest BCUT2D eigenvalue weighted by atomic mass is 16.6. The van der Waals surface area contributed by atoms with Gasteiger partial charge in [0.05, 0.1) is 21.3 Å². The monoisotopic (exact) mass is 534 g/mol. The van der Waals surface area contributed by atoms with Gasteiger partial charge in [0, 0.05) is 35.3 Å². The number of pyridine rings is 1. The van der Waals surface area contributed by atoms with Gasteiger partial charge in [-0.15, -0.1) is 0 Å². The minimum absolute atomic E-state index is 0.114. The molecule has 0 radical (unpaired) electrons. The van der Waals surface area contributed by atoms with Gasteiger partial charge < -0.3 is 28.6 Å². The van der Waals surface area contributed by atoms with Crippen LogP contribution < -0.4 is 14.2 Å². The number of hydrogen-bond acceptors (Lipinski definition) is 8. The zero-order valence-corrected chi connectivity index (χ0v) is 23.1. The Morgan fingerprint density at radius 2 is 1.69 bits per heavy atom. The minimum Gasteiger partial charge on any atom is -0.504 e. The Morgan fingerprint density at radius 3 is 2.28 bits per heavy atom. The first-order valence-electron chi connectivity index (χ1n) is 12.7. The van der Waals surface area contributed by atoms with E-state index in [0.717, 1.165) is 5.56 Å². The van der Waals surface area contributed by atoms with Crippen LogP contribution in [0, 0.1) is 0 Å². The highest BCUT2D eigenvalue weighted by molar-refractivity contribution is 6.16. The van der Waals surface area contributed by atoms with Crippen LogP contribution in [-0.2, 0) is 16.1 Å². The molecular formula is C30H34N2O7. The average Bonchev–Trinajstić information content (AvgIpc) is 3.34. The number of carbonyl (C=O) groups is 2. The molecule has 4 rings (SSSR count). The van der Waals surface area contributed by atoms with Crippen LogP contribution in [0.25, 0.3) is 11.0 Å². The maximum Gasteiger partial charge on any atom is 0.347 e. The van der Waals surface area contributed by atoms with Gasteiger partial charge >= 0.3 is 5.97 Å². The maximum atomic E-state index is 13.4. The number of benzene rings is 2. The molecular weight excluding hydrogens is 500 g/mol. The summed E-state index contributed by atoms with van der Waals surface area (Å²) in [5.41, 5.74) is 2.31. The number of carbonyl (C=O) groups excluding carboxylic acids is 2. The van der Waals surface area contributed by atoms with Crippen molar-refractivity contribution in [1.29, 1.82) is 0 Å². The fourth-order valence-corrected chi connectivity index (χ4v) is 4.00. The maximum absolute atomic E-state index is 13.4. The summed E-state index contributed by atoms with van der Waals surface area (Å²) in [5.74, 6) is 0.465. The third kappa shape index (κ3) is 6.49. The van der Waals surface area contributed by atoms with E-state index in [1.165, 1.54) is 14.2 Å². The number of nitrogens with zero attached hydrogens (tertiary/aromatic N) is 2. The van der Waals surface area contributed by atoms with E-state index in [1.807, 2.05) is 18.4 Å². The number of methoxy groups -OCH3 is 3. The Bertz CT molecular complexity index is 1430. The van der Waals surface area contributed by atoms with E-state index < -0.39 is 12.1 Å². The molecule has 0 aliphatic rings. The first kappa shape index (κ1) is 29.0. The fourth-order valence-electron chi connectivity index (χ4n) is 4.00. The zero-order valence-electron chi connectivity index (χ0n) is 23.1. The van der Waals surface area contributed by atoms with Crippen molar-refractivity contribution in [2.24, 2.45) is 0 Å². The Morgan fingerprint density at radius 1 is 0.974 bits per heavy atom. The van der Waals surface area contributed by atoms with Gasteiger partial charge in [0.25, 0.3) is 0 Å². The summed E-state index contributed by atoms with van der Waals surface area (Å²) in [6.45, 7) is 6.10. The molecule has 0 unspecified atom stereocenters. The number of rotatable bonds is 10. The van der Waals surface area contributed by atoms with E-state index in [1.54, 1.807) is 74.8 Å². The summed E-state index contributed by atoms with van der Waals surface area (Å²) in [7, 11) is 4.39. The van der Waals surface area contributed by atoms with E-state index in [-0.39, 0.29) is 17.3 Å². The molecule has 0 spiro atoms. The number of aromatic nitrogens is 2. The van der Waals surface area contributed by atoms with Crippen LogP contribution >= 0.6 is 0 Å². The number of ether oxygens (including phenoxy) is 4. The van der Waals surface area contributed by atoms with Gasteiger partial charge in [-0.2, -0.15) is 4.98 Å². The van der Waals surface area contributed by atoms with Crippen LogP contribution in [0.5, 0.6) is 23.1 Å². The van der Waals surface area contributed by atoms with Crippen molar-refractivity contribution in [3.8, 4) is 23.1 Å². The lowest BCUT2D eigenvalue weighted by molar-refractivity contribution is -0.148. The molecule has 0 bridgehead atoms. The summed E-state index contributed by atoms with van der Waals surface area (Å²) in [6, 6.07) is 15.4. The number of esters is 1. The van der Waals surface area contributed by atoms with Crippen molar-refractivity contribution in [2.45, 2.75) is 39.8 Å². The first-order chi connectivity index (χ1) is 18.9. The Labute approximate surface area is 227 Å². The summed E-state index contributed by atoms with van der Waals surface area (Å²) in [4.78, 5) is 29.8. The molecule has 0 amide bonds. The molecule has 2 heterocycles. The molecule has 206 valence electrons.